The van der Waals surface area contributed by atoms with E-state index in [2.05, 4.69) is 5.32 Å². The number of hydrogen-bond donors (Lipinski definition) is 3. The molecule has 86 valence electrons. The molecule has 2 amide bonds. The second-order valence-corrected chi connectivity index (χ2v) is 3.56. The number of aliphatic carboxylic acids is 1. The summed E-state index contributed by atoms with van der Waals surface area (Å²) in [6.45, 7) is 3.31. The molecule has 6 nitrogen and oxygen atoms in total. The topological polar surface area (TPSA) is 109 Å². The van der Waals surface area contributed by atoms with Gasteiger partial charge in [0.05, 0.1) is 0 Å². The molecule has 0 aromatic carbocycles. The first-order valence-electron chi connectivity index (χ1n) is 4.66. The van der Waals surface area contributed by atoms with Crippen LogP contribution in [0.25, 0.3) is 0 Å². The molecule has 15 heavy (non-hydrogen) atoms. The Morgan fingerprint density at radius 3 is 2.20 bits per heavy atom. The van der Waals surface area contributed by atoms with E-state index in [-0.39, 0.29) is 24.7 Å². The van der Waals surface area contributed by atoms with Crippen LogP contribution in [-0.2, 0) is 14.4 Å². The van der Waals surface area contributed by atoms with Crippen LogP contribution >= 0.6 is 0 Å². The fourth-order valence-corrected chi connectivity index (χ4v) is 0.882. The third kappa shape index (κ3) is 5.66. The zero-order valence-electron chi connectivity index (χ0n) is 8.82. The molecule has 0 aliphatic heterocycles. The Labute approximate surface area is 87.8 Å². The van der Waals surface area contributed by atoms with Crippen LogP contribution in [0.4, 0.5) is 0 Å². The summed E-state index contributed by atoms with van der Waals surface area (Å²) in [4.78, 5) is 32.4. The van der Waals surface area contributed by atoms with Crippen molar-refractivity contribution in [2.75, 3.05) is 0 Å². The van der Waals surface area contributed by atoms with Crippen LogP contribution in [0.3, 0.4) is 0 Å². The van der Waals surface area contributed by atoms with Gasteiger partial charge in [-0.15, -0.1) is 0 Å². The van der Waals surface area contributed by atoms with Crippen LogP contribution in [0.5, 0.6) is 0 Å². The van der Waals surface area contributed by atoms with Gasteiger partial charge in [0.15, 0.2) is 0 Å². The predicted molar refractivity (Wildman–Crippen MR) is 52.8 cm³/mol. The highest BCUT2D eigenvalue weighted by molar-refractivity contribution is 5.85. The molecule has 0 aromatic rings. The van der Waals surface area contributed by atoms with Crippen LogP contribution in [0.1, 0.15) is 26.7 Å². The van der Waals surface area contributed by atoms with Gasteiger partial charge in [-0.3, -0.25) is 9.59 Å². The van der Waals surface area contributed by atoms with Crippen molar-refractivity contribution >= 4 is 17.8 Å². The van der Waals surface area contributed by atoms with Crippen LogP contribution in [0.15, 0.2) is 0 Å². The van der Waals surface area contributed by atoms with Gasteiger partial charge in [-0.1, -0.05) is 13.8 Å². The van der Waals surface area contributed by atoms with E-state index in [1.165, 1.54) is 0 Å². The first-order chi connectivity index (χ1) is 6.84. The lowest BCUT2D eigenvalue weighted by atomic mass is 10.1. The Morgan fingerprint density at radius 1 is 1.33 bits per heavy atom. The first-order valence-corrected chi connectivity index (χ1v) is 4.66. The minimum absolute atomic E-state index is 0.0170. The second kappa shape index (κ2) is 6.00. The number of primary amides is 1. The number of amides is 2. The van der Waals surface area contributed by atoms with Crippen molar-refractivity contribution in [2.45, 2.75) is 32.7 Å². The summed E-state index contributed by atoms with van der Waals surface area (Å²) in [6.07, 6.45) is -0.0432. The van der Waals surface area contributed by atoms with Gasteiger partial charge in [0, 0.05) is 12.3 Å². The number of carbonyl (C=O) groups excluding carboxylic acids is 2. The van der Waals surface area contributed by atoms with Crippen molar-refractivity contribution in [3.05, 3.63) is 0 Å². The van der Waals surface area contributed by atoms with Crippen molar-refractivity contribution in [3.63, 3.8) is 0 Å². The largest absolute Gasteiger partial charge is 0.480 e. The van der Waals surface area contributed by atoms with Crippen molar-refractivity contribution in [2.24, 2.45) is 11.7 Å². The average molecular weight is 216 g/mol. The lowest BCUT2D eigenvalue weighted by molar-refractivity contribution is -0.142. The summed E-state index contributed by atoms with van der Waals surface area (Å²) >= 11 is 0. The van der Waals surface area contributed by atoms with Gasteiger partial charge in [-0.25, -0.2) is 4.79 Å². The highest BCUT2D eigenvalue weighted by Crippen LogP contribution is 2.00. The fraction of sp³-hybridized carbons (Fsp3) is 0.667. The number of carbonyl (C=O) groups is 3. The van der Waals surface area contributed by atoms with Gasteiger partial charge in [0.1, 0.15) is 6.04 Å². The van der Waals surface area contributed by atoms with Gasteiger partial charge in [-0.2, -0.15) is 0 Å². The average Bonchev–Trinajstić information content (AvgIpc) is 2.10. The Kier molecular flexibility index (Phi) is 5.36. The molecule has 0 radical (unpaired) electrons. The summed E-state index contributed by atoms with van der Waals surface area (Å²) in [7, 11) is 0. The standard InChI is InChI=1S/C9H16N2O4/c1-5(2)8(13)11-6(9(14)15)3-4-7(10)12/h5-6H,3-4H2,1-2H3,(H2,10,12)(H,11,13)(H,14,15)/t6-/m0/s1. The zero-order valence-corrected chi connectivity index (χ0v) is 8.82. The normalized spacial score (nSPS) is 12.2. The fourth-order valence-electron chi connectivity index (χ4n) is 0.882. The number of nitrogens with two attached hydrogens (primary N) is 1. The number of rotatable bonds is 6. The van der Waals surface area contributed by atoms with Gasteiger partial charge in [0.25, 0.3) is 0 Å². The first kappa shape index (κ1) is 13.4. The lowest BCUT2D eigenvalue weighted by Crippen LogP contribution is -2.43. The van der Waals surface area contributed by atoms with Gasteiger partial charge < -0.3 is 16.2 Å². The third-order valence-corrected chi connectivity index (χ3v) is 1.82. The molecule has 0 bridgehead atoms. The number of hydrogen-bond acceptors (Lipinski definition) is 3. The molecular weight excluding hydrogens is 200 g/mol. The molecule has 1 atom stereocenters. The maximum Gasteiger partial charge on any atom is 0.326 e. The Balaban J connectivity index is 4.22. The molecular formula is C9H16N2O4. The summed E-state index contributed by atoms with van der Waals surface area (Å²) < 4.78 is 0. The summed E-state index contributed by atoms with van der Waals surface area (Å²) in [5.41, 5.74) is 4.89. The van der Waals surface area contributed by atoms with E-state index >= 15 is 0 Å². The minimum Gasteiger partial charge on any atom is -0.480 e. The van der Waals surface area contributed by atoms with E-state index < -0.39 is 17.9 Å². The highest BCUT2D eigenvalue weighted by atomic mass is 16.4. The number of nitrogens with one attached hydrogen (secondary N) is 1. The molecule has 6 heteroatoms. The zero-order chi connectivity index (χ0) is 12.0. The molecule has 0 rings (SSSR count). The second-order valence-electron chi connectivity index (χ2n) is 3.56. The van der Waals surface area contributed by atoms with E-state index in [9.17, 15) is 14.4 Å². The molecule has 0 aromatic heterocycles. The van der Waals surface area contributed by atoms with E-state index in [1.54, 1.807) is 13.8 Å². The van der Waals surface area contributed by atoms with Gasteiger partial charge in [-0.05, 0) is 6.42 Å². The Bertz CT molecular complexity index is 263. The van der Waals surface area contributed by atoms with Crippen LogP contribution in [0, 0.1) is 5.92 Å². The molecule has 0 aliphatic rings. The molecule has 4 N–H and O–H groups in total. The molecule has 0 spiro atoms. The quantitative estimate of drug-likeness (QED) is 0.554. The summed E-state index contributed by atoms with van der Waals surface area (Å²) in [6, 6.07) is -1.05. The van der Waals surface area contributed by atoms with Crippen LogP contribution < -0.4 is 11.1 Å². The van der Waals surface area contributed by atoms with E-state index in [0.29, 0.717) is 0 Å². The van der Waals surface area contributed by atoms with Crippen LogP contribution in [-0.4, -0.2) is 28.9 Å². The van der Waals surface area contributed by atoms with Crippen molar-refractivity contribution in [3.8, 4) is 0 Å². The van der Waals surface area contributed by atoms with E-state index in [4.69, 9.17) is 10.8 Å². The Morgan fingerprint density at radius 2 is 1.87 bits per heavy atom. The maximum absolute atomic E-state index is 11.2. The third-order valence-electron chi connectivity index (χ3n) is 1.82. The lowest BCUT2D eigenvalue weighted by Gasteiger charge is -2.15. The van der Waals surface area contributed by atoms with E-state index in [0.717, 1.165) is 0 Å². The van der Waals surface area contributed by atoms with Crippen molar-refractivity contribution in [1.29, 1.82) is 0 Å². The number of carboxylic acid groups (broad SMARTS) is 1. The van der Waals surface area contributed by atoms with Gasteiger partial charge >= 0.3 is 5.97 Å². The van der Waals surface area contributed by atoms with Crippen molar-refractivity contribution < 1.29 is 19.5 Å². The van der Waals surface area contributed by atoms with Crippen LogP contribution in [0.2, 0.25) is 0 Å². The predicted octanol–water partition coefficient (Wildman–Crippen LogP) is -0.523. The molecule has 0 aliphatic carbocycles. The molecule has 0 fully saturated rings. The van der Waals surface area contributed by atoms with E-state index in [1.807, 2.05) is 0 Å². The molecule has 0 heterocycles. The Hall–Kier alpha value is -1.59. The monoisotopic (exact) mass is 216 g/mol. The molecule has 0 unspecified atom stereocenters. The summed E-state index contributed by atoms with van der Waals surface area (Å²) in [5.74, 6) is -2.39. The molecule has 0 saturated carbocycles. The van der Waals surface area contributed by atoms with Crippen molar-refractivity contribution in [1.82, 2.24) is 5.32 Å². The minimum atomic E-state index is -1.16. The summed E-state index contributed by atoms with van der Waals surface area (Å²) in [5, 5.41) is 11.1. The SMILES string of the molecule is CC(C)C(=O)N[C@@H](CCC(N)=O)C(=O)O. The smallest absolute Gasteiger partial charge is 0.326 e. The maximum atomic E-state index is 11.2. The van der Waals surface area contributed by atoms with Gasteiger partial charge in [0.2, 0.25) is 11.8 Å². The highest BCUT2D eigenvalue weighted by Gasteiger charge is 2.21. The number of carboxylic acids is 1. The molecule has 0 saturated heterocycles.